The molecule has 0 aliphatic rings. The first kappa shape index (κ1) is 9.65. The highest BCUT2D eigenvalue weighted by atomic mass is 16.1. The van der Waals surface area contributed by atoms with Crippen LogP contribution < -0.4 is 5.43 Å². The van der Waals surface area contributed by atoms with Gasteiger partial charge in [-0.15, -0.1) is 0 Å². The second kappa shape index (κ2) is 3.35. The van der Waals surface area contributed by atoms with Crippen LogP contribution in [0.3, 0.4) is 0 Å². The van der Waals surface area contributed by atoms with Crippen molar-refractivity contribution in [3.8, 4) is 0 Å². The second-order valence-electron chi connectivity index (χ2n) is 3.65. The lowest BCUT2D eigenvalue weighted by molar-refractivity contribution is 0.101. The van der Waals surface area contributed by atoms with Crippen molar-refractivity contribution in [3.05, 3.63) is 45.7 Å². The Morgan fingerprint density at radius 2 is 2.00 bits per heavy atom. The minimum atomic E-state index is -0.129. The standard InChI is InChI=1S/C12H11NO2/c1-7-3-4-9-11(5-7)13-10(8(2)14)6-12(9)15/h3-6H,1-2H3,(H,13,15). The Morgan fingerprint density at radius 3 is 2.67 bits per heavy atom. The van der Waals surface area contributed by atoms with E-state index in [9.17, 15) is 9.59 Å². The maximum absolute atomic E-state index is 11.6. The molecule has 15 heavy (non-hydrogen) atoms. The number of hydrogen-bond donors (Lipinski definition) is 1. The molecule has 0 unspecified atom stereocenters. The van der Waals surface area contributed by atoms with Gasteiger partial charge in [-0.3, -0.25) is 9.59 Å². The molecule has 1 aromatic heterocycles. The van der Waals surface area contributed by atoms with Gasteiger partial charge in [0.25, 0.3) is 0 Å². The number of aromatic amines is 1. The lowest BCUT2D eigenvalue weighted by Crippen LogP contribution is -2.07. The topological polar surface area (TPSA) is 49.9 Å². The van der Waals surface area contributed by atoms with E-state index in [-0.39, 0.29) is 11.2 Å². The monoisotopic (exact) mass is 201 g/mol. The first-order valence-corrected chi connectivity index (χ1v) is 4.72. The summed E-state index contributed by atoms with van der Waals surface area (Å²) in [5.41, 5.74) is 2.01. The fourth-order valence-electron chi connectivity index (χ4n) is 1.56. The van der Waals surface area contributed by atoms with Gasteiger partial charge in [0.05, 0.1) is 11.2 Å². The zero-order chi connectivity index (χ0) is 11.0. The van der Waals surface area contributed by atoms with Crippen molar-refractivity contribution < 1.29 is 4.79 Å². The normalized spacial score (nSPS) is 10.5. The predicted molar refractivity (Wildman–Crippen MR) is 59.3 cm³/mol. The molecule has 0 radical (unpaired) electrons. The number of Topliss-reactive ketones (excluding diaryl/α,β-unsaturated/α-hetero) is 1. The Kier molecular flexibility index (Phi) is 2.15. The summed E-state index contributed by atoms with van der Waals surface area (Å²) >= 11 is 0. The van der Waals surface area contributed by atoms with E-state index in [1.807, 2.05) is 19.1 Å². The van der Waals surface area contributed by atoms with Crippen LogP contribution in [0.25, 0.3) is 10.9 Å². The number of aromatic nitrogens is 1. The number of aryl methyl sites for hydroxylation is 1. The molecule has 0 aliphatic heterocycles. The average Bonchev–Trinajstić information content (AvgIpc) is 2.16. The van der Waals surface area contributed by atoms with E-state index in [1.165, 1.54) is 13.0 Å². The van der Waals surface area contributed by atoms with Crippen molar-refractivity contribution >= 4 is 16.7 Å². The second-order valence-corrected chi connectivity index (χ2v) is 3.65. The summed E-state index contributed by atoms with van der Waals surface area (Å²) in [5, 5.41) is 0.616. The first-order valence-electron chi connectivity index (χ1n) is 4.72. The van der Waals surface area contributed by atoms with Gasteiger partial charge < -0.3 is 4.98 Å². The van der Waals surface area contributed by atoms with Crippen LogP contribution in [-0.2, 0) is 0 Å². The van der Waals surface area contributed by atoms with E-state index < -0.39 is 0 Å². The van der Waals surface area contributed by atoms with Crippen LogP contribution in [0.4, 0.5) is 0 Å². The zero-order valence-electron chi connectivity index (χ0n) is 8.63. The quantitative estimate of drug-likeness (QED) is 0.718. The highest BCUT2D eigenvalue weighted by molar-refractivity contribution is 5.94. The van der Waals surface area contributed by atoms with Gasteiger partial charge in [0.15, 0.2) is 11.2 Å². The third kappa shape index (κ3) is 1.68. The molecule has 3 heteroatoms. The van der Waals surface area contributed by atoms with Gasteiger partial charge in [-0.2, -0.15) is 0 Å². The summed E-state index contributed by atoms with van der Waals surface area (Å²) < 4.78 is 0. The smallest absolute Gasteiger partial charge is 0.190 e. The molecule has 0 saturated heterocycles. The van der Waals surface area contributed by atoms with Gasteiger partial charge in [0, 0.05) is 18.4 Å². The van der Waals surface area contributed by atoms with Crippen LogP contribution in [0.1, 0.15) is 23.0 Å². The zero-order valence-corrected chi connectivity index (χ0v) is 8.63. The minimum absolute atomic E-state index is 0.117. The molecular formula is C12H11NO2. The van der Waals surface area contributed by atoms with Crippen molar-refractivity contribution in [1.29, 1.82) is 0 Å². The highest BCUT2D eigenvalue weighted by Gasteiger charge is 2.04. The third-order valence-electron chi connectivity index (χ3n) is 2.36. The molecule has 0 fully saturated rings. The third-order valence-corrected chi connectivity index (χ3v) is 2.36. The summed E-state index contributed by atoms with van der Waals surface area (Å²) in [5.74, 6) is -0.129. The Bertz CT molecular complexity index is 596. The van der Waals surface area contributed by atoms with Crippen LogP contribution in [0.15, 0.2) is 29.1 Å². The number of ketones is 1. The molecule has 0 amide bonds. The van der Waals surface area contributed by atoms with E-state index in [0.29, 0.717) is 16.6 Å². The Balaban J connectivity index is 2.85. The molecule has 0 aliphatic carbocycles. The maximum Gasteiger partial charge on any atom is 0.190 e. The van der Waals surface area contributed by atoms with Crippen LogP contribution in [-0.4, -0.2) is 10.8 Å². The Labute approximate surface area is 86.8 Å². The SMILES string of the molecule is CC(=O)c1cc(=O)c2ccc(C)cc2[nH]1. The maximum atomic E-state index is 11.6. The average molecular weight is 201 g/mol. The summed E-state index contributed by atoms with van der Waals surface area (Å²) in [6.07, 6.45) is 0. The summed E-state index contributed by atoms with van der Waals surface area (Å²) in [6.45, 7) is 3.38. The fourth-order valence-corrected chi connectivity index (χ4v) is 1.56. The van der Waals surface area contributed by atoms with Crippen LogP contribution in [0.5, 0.6) is 0 Å². The van der Waals surface area contributed by atoms with E-state index >= 15 is 0 Å². The molecule has 0 bridgehead atoms. The van der Waals surface area contributed by atoms with E-state index in [4.69, 9.17) is 0 Å². The number of carbonyl (C=O) groups excluding carboxylic acids is 1. The molecule has 0 saturated carbocycles. The summed E-state index contributed by atoms with van der Waals surface area (Å²) in [6, 6.07) is 6.86. The molecule has 2 rings (SSSR count). The first-order chi connectivity index (χ1) is 7.08. The van der Waals surface area contributed by atoms with Crippen molar-refractivity contribution in [2.24, 2.45) is 0 Å². The number of H-pyrrole nitrogens is 1. The van der Waals surface area contributed by atoms with Crippen molar-refractivity contribution in [2.45, 2.75) is 13.8 Å². The van der Waals surface area contributed by atoms with E-state index in [1.54, 1.807) is 6.07 Å². The summed E-state index contributed by atoms with van der Waals surface area (Å²) in [7, 11) is 0. The largest absolute Gasteiger partial charge is 0.352 e. The lowest BCUT2D eigenvalue weighted by atomic mass is 10.1. The Morgan fingerprint density at radius 1 is 1.27 bits per heavy atom. The molecule has 1 heterocycles. The van der Waals surface area contributed by atoms with Gasteiger partial charge in [0.1, 0.15) is 0 Å². The number of nitrogens with one attached hydrogen (secondary N) is 1. The molecule has 1 aromatic carbocycles. The molecular weight excluding hydrogens is 190 g/mol. The van der Waals surface area contributed by atoms with Gasteiger partial charge in [-0.25, -0.2) is 0 Å². The predicted octanol–water partition coefficient (Wildman–Crippen LogP) is 2.04. The van der Waals surface area contributed by atoms with Crippen molar-refractivity contribution in [2.75, 3.05) is 0 Å². The number of rotatable bonds is 1. The number of carbonyl (C=O) groups is 1. The van der Waals surface area contributed by atoms with Crippen LogP contribution >= 0.6 is 0 Å². The van der Waals surface area contributed by atoms with Crippen molar-refractivity contribution in [3.63, 3.8) is 0 Å². The lowest BCUT2D eigenvalue weighted by Gasteiger charge is -2.01. The molecule has 0 atom stereocenters. The number of hydrogen-bond acceptors (Lipinski definition) is 2. The number of pyridine rings is 1. The van der Waals surface area contributed by atoms with Crippen LogP contribution in [0.2, 0.25) is 0 Å². The van der Waals surface area contributed by atoms with Crippen LogP contribution in [0, 0.1) is 6.92 Å². The van der Waals surface area contributed by atoms with Gasteiger partial charge in [-0.05, 0) is 24.6 Å². The molecule has 3 nitrogen and oxygen atoms in total. The van der Waals surface area contributed by atoms with Crippen molar-refractivity contribution in [1.82, 2.24) is 4.98 Å². The van der Waals surface area contributed by atoms with E-state index in [2.05, 4.69) is 4.98 Å². The molecule has 76 valence electrons. The van der Waals surface area contributed by atoms with Gasteiger partial charge in [0.2, 0.25) is 0 Å². The minimum Gasteiger partial charge on any atom is -0.352 e. The molecule has 1 N–H and O–H groups in total. The van der Waals surface area contributed by atoms with Gasteiger partial charge >= 0.3 is 0 Å². The fraction of sp³-hybridized carbons (Fsp3) is 0.167. The Hall–Kier alpha value is -1.90. The van der Waals surface area contributed by atoms with Gasteiger partial charge in [-0.1, -0.05) is 6.07 Å². The number of benzene rings is 1. The number of fused-ring (bicyclic) bond motifs is 1. The molecule has 2 aromatic rings. The highest BCUT2D eigenvalue weighted by Crippen LogP contribution is 2.10. The molecule has 0 spiro atoms. The summed E-state index contributed by atoms with van der Waals surface area (Å²) in [4.78, 5) is 25.8. The van der Waals surface area contributed by atoms with E-state index in [0.717, 1.165) is 5.56 Å².